The molecule has 3 nitrogen and oxygen atoms in total. The van der Waals surface area contributed by atoms with E-state index in [9.17, 15) is 4.79 Å². The molecule has 0 aliphatic rings. The van der Waals surface area contributed by atoms with Crippen LogP contribution >= 0.6 is 12.2 Å². The van der Waals surface area contributed by atoms with E-state index in [4.69, 9.17) is 12.2 Å². The molecule has 1 rings (SSSR count). The molecule has 0 aliphatic carbocycles. The van der Waals surface area contributed by atoms with Crippen LogP contribution in [0.2, 0.25) is 0 Å². The Morgan fingerprint density at radius 2 is 2.07 bits per heavy atom. The van der Waals surface area contributed by atoms with Gasteiger partial charge in [0.1, 0.15) is 0 Å². The molecule has 0 aromatic carbocycles. The summed E-state index contributed by atoms with van der Waals surface area (Å²) < 4.78 is 2.40. The van der Waals surface area contributed by atoms with Crippen LogP contribution in [0.25, 0.3) is 0 Å². The molecular weight excluding hydrogens is 196 g/mol. The van der Waals surface area contributed by atoms with E-state index in [2.05, 4.69) is 32.7 Å². The fourth-order valence-electron chi connectivity index (χ4n) is 1.15. The third-order valence-corrected chi connectivity index (χ3v) is 2.83. The van der Waals surface area contributed by atoms with E-state index >= 15 is 0 Å². The third kappa shape index (κ3) is 2.32. The molecule has 4 heteroatoms. The third-order valence-electron chi connectivity index (χ3n) is 2.52. The highest BCUT2D eigenvalue weighted by atomic mass is 32.1. The van der Waals surface area contributed by atoms with Gasteiger partial charge in [-0.25, -0.2) is 0 Å². The van der Waals surface area contributed by atoms with Gasteiger partial charge in [0, 0.05) is 18.3 Å². The van der Waals surface area contributed by atoms with Crippen molar-refractivity contribution in [3.63, 3.8) is 0 Å². The maximum Gasteiger partial charge on any atom is 0.251 e. The second-order valence-corrected chi connectivity index (χ2v) is 4.95. The average Bonchev–Trinajstić information content (AvgIpc) is 2.01. The summed E-state index contributed by atoms with van der Waals surface area (Å²) in [6, 6.07) is 1.75. The van der Waals surface area contributed by atoms with E-state index in [0.29, 0.717) is 4.77 Å². The summed E-state index contributed by atoms with van der Waals surface area (Å²) in [7, 11) is 0. The van der Waals surface area contributed by atoms with Crippen LogP contribution in [0.5, 0.6) is 0 Å². The topological polar surface area (TPSA) is 37.8 Å². The lowest BCUT2D eigenvalue weighted by Crippen LogP contribution is -2.24. The van der Waals surface area contributed by atoms with Gasteiger partial charge in [-0.2, -0.15) is 0 Å². The first-order chi connectivity index (χ1) is 6.32. The zero-order valence-electron chi connectivity index (χ0n) is 9.00. The molecule has 0 saturated carbocycles. The van der Waals surface area contributed by atoms with Gasteiger partial charge in [0.25, 0.3) is 5.56 Å². The lowest BCUT2D eigenvalue weighted by atomic mass is 9.88. The summed E-state index contributed by atoms with van der Waals surface area (Å²) in [5.74, 6) is 0. The van der Waals surface area contributed by atoms with Crippen molar-refractivity contribution in [1.29, 1.82) is 0 Å². The second kappa shape index (κ2) is 3.69. The Balaban J connectivity index is 3.21. The Morgan fingerprint density at radius 1 is 1.50 bits per heavy atom. The van der Waals surface area contributed by atoms with Crippen LogP contribution in [0.4, 0.5) is 0 Å². The van der Waals surface area contributed by atoms with Gasteiger partial charge in [0.2, 0.25) is 0 Å². The highest BCUT2D eigenvalue weighted by Gasteiger charge is 2.21. The van der Waals surface area contributed by atoms with Crippen molar-refractivity contribution < 1.29 is 0 Å². The van der Waals surface area contributed by atoms with Crippen LogP contribution < -0.4 is 5.56 Å². The second-order valence-electron chi connectivity index (χ2n) is 4.56. The average molecular weight is 212 g/mol. The van der Waals surface area contributed by atoms with Crippen LogP contribution in [0, 0.1) is 10.2 Å². The molecule has 1 N–H and O–H groups in total. The summed E-state index contributed by atoms with van der Waals surface area (Å²) in [5.41, 5.74) is -0.0245. The van der Waals surface area contributed by atoms with Crippen LogP contribution in [0.15, 0.2) is 17.1 Å². The van der Waals surface area contributed by atoms with E-state index in [1.807, 2.05) is 4.57 Å². The molecule has 1 unspecified atom stereocenters. The number of hydrogen-bond acceptors (Lipinski definition) is 2. The van der Waals surface area contributed by atoms with Gasteiger partial charge < -0.3 is 4.57 Å². The molecule has 0 aliphatic heterocycles. The minimum Gasteiger partial charge on any atom is -0.322 e. The number of H-pyrrole nitrogens is 1. The van der Waals surface area contributed by atoms with Gasteiger partial charge in [-0.05, 0) is 24.6 Å². The normalized spacial score (nSPS) is 14.0. The molecule has 0 fully saturated rings. The lowest BCUT2D eigenvalue weighted by Gasteiger charge is -2.29. The van der Waals surface area contributed by atoms with E-state index in [0.717, 1.165) is 0 Å². The molecule has 0 amide bonds. The zero-order chi connectivity index (χ0) is 10.9. The Labute approximate surface area is 88.8 Å². The smallest absolute Gasteiger partial charge is 0.251 e. The minimum absolute atomic E-state index is 0.121. The maximum atomic E-state index is 11.0. The largest absolute Gasteiger partial charge is 0.322 e. The van der Waals surface area contributed by atoms with Crippen molar-refractivity contribution in [3.8, 4) is 0 Å². The first kappa shape index (κ1) is 11.2. The van der Waals surface area contributed by atoms with Crippen LogP contribution in [0.1, 0.15) is 33.7 Å². The SMILES string of the molecule is CC(n1ccc(=O)[nH]c1=S)C(C)(C)C. The standard InChI is InChI=1S/C10H16N2OS/c1-7(10(2,3)4)12-6-5-8(13)11-9(12)14/h5-7H,1-4H3,(H,11,13,14). The maximum absolute atomic E-state index is 11.0. The van der Waals surface area contributed by atoms with Crippen molar-refractivity contribution in [2.45, 2.75) is 33.7 Å². The number of aromatic amines is 1. The predicted octanol–water partition coefficient (Wildman–Crippen LogP) is 2.51. The fourth-order valence-corrected chi connectivity index (χ4v) is 1.47. The summed E-state index contributed by atoms with van der Waals surface area (Å²) in [6.45, 7) is 8.52. The molecule has 0 saturated heterocycles. The van der Waals surface area contributed by atoms with Crippen molar-refractivity contribution in [3.05, 3.63) is 27.4 Å². The first-order valence-electron chi connectivity index (χ1n) is 4.64. The van der Waals surface area contributed by atoms with Gasteiger partial charge in [-0.3, -0.25) is 9.78 Å². The van der Waals surface area contributed by atoms with Crippen molar-refractivity contribution >= 4 is 12.2 Å². The van der Waals surface area contributed by atoms with Gasteiger partial charge in [-0.15, -0.1) is 0 Å². The Morgan fingerprint density at radius 3 is 2.50 bits per heavy atom. The number of hydrogen-bond donors (Lipinski definition) is 1. The predicted molar refractivity (Wildman–Crippen MR) is 60.1 cm³/mol. The van der Waals surface area contributed by atoms with Crippen molar-refractivity contribution in [2.24, 2.45) is 5.41 Å². The van der Waals surface area contributed by atoms with Gasteiger partial charge in [0.15, 0.2) is 4.77 Å². The molecule has 1 aromatic heterocycles. The van der Waals surface area contributed by atoms with Crippen molar-refractivity contribution in [2.75, 3.05) is 0 Å². The molecule has 1 heterocycles. The monoisotopic (exact) mass is 212 g/mol. The van der Waals surface area contributed by atoms with Crippen LogP contribution in [-0.4, -0.2) is 9.55 Å². The Hall–Kier alpha value is -0.900. The molecule has 1 aromatic rings. The number of rotatable bonds is 1. The zero-order valence-corrected chi connectivity index (χ0v) is 9.81. The van der Waals surface area contributed by atoms with Gasteiger partial charge in [0.05, 0.1) is 0 Å². The molecule has 0 radical (unpaired) electrons. The van der Waals surface area contributed by atoms with E-state index in [1.54, 1.807) is 6.20 Å². The van der Waals surface area contributed by atoms with Crippen LogP contribution in [-0.2, 0) is 0 Å². The summed E-state index contributed by atoms with van der Waals surface area (Å²) in [4.78, 5) is 13.6. The minimum atomic E-state index is -0.146. The highest BCUT2D eigenvalue weighted by molar-refractivity contribution is 7.71. The highest BCUT2D eigenvalue weighted by Crippen LogP contribution is 2.29. The number of aromatic nitrogens is 2. The number of nitrogens with zero attached hydrogens (tertiary/aromatic N) is 1. The summed E-state index contributed by atoms with van der Waals surface area (Å²) in [5, 5.41) is 0. The summed E-state index contributed by atoms with van der Waals surface area (Å²) >= 11 is 5.09. The van der Waals surface area contributed by atoms with Crippen molar-refractivity contribution in [1.82, 2.24) is 9.55 Å². The van der Waals surface area contributed by atoms with Crippen LogP contribution in [0.3, 0.4) is 0 Å². The van der Waals surface area contributed by atoms with Gasteiger partial charge in [-0.1, -0.05) is 20.8 Å². The molecule has 14 heavy (non-hydrogen) atoms. The van der Waals surface area contributed by atoms with Gasteiger partial charge >= 0.3 is 0 Å². The summed E-state index contributed by atoms with van der Waals surface area (Å²) in [6.07, 6.45) is 1.75. The molecular formula is C10H16N2OS. The molecule has 1 atom stereocenters. The Kier molecular flexibility index (Phi) is 2.95. The quantitative estimate of drug-likeness (QED) is 0.726. The molecule has 0 spiro atoms. The van der Waals surface area contributed by atoms with E-state index in [1.165, 1.54) is 6.07 Å². The molecule has 78 valence electrons. The van der Waals surface area contributed by atoms with E-state index in [-0.39, 0.29) is 17.0 Å². The molecule has 0 bridgehead atoms. The first-order valence-corrected chi connectivity index (χ1v) is 5.04. The fraction of sp³-hybridized carbons (Fsp3) is 0.600. The number of nitrogens with one attached hydrogen (secondary N) is 1. The van der Waals surface area contributed by atoms with E-state index < -0.39 is 0 Å². The Bertz CT molecular complexity index is 425. The lowest BCUT2D eigenvalue weighted by molar-refractivity contribution is 0.257.